The maximum absolute atomic E-state index is 11.9. The van der Waals surface area contributed by atoms with Crippen LogP contribution in [0.1, 0.15) is 15.9 Å². The van der Waals surface area contributed by atoms with E-state index in [4.69, 9.17) is 27.2 Å². The number of sulfonamides is 1. The lowest BCUT2D eigenvalue weighted by Crippen LogP contribution is -2.30. The van der Waals surface area contributed by atoms with E-state index < -0.39 is 28.5 Å². The highest BCUT2D eigenvalue weighted by molar-refractivity contribution is 7.89. The van der Waals surface area contributed by atoms with Gasteiger partial charge in [0.15, 0.2) is 6.61 Å². The van der Waals surface area contributed by atoms with Gasteiger partial charge in [0.05, 0.1) is 10.5 Å². The van der Waals surface area contributed by atoms with Gasteiger partial charge in [0.25, 0.3) is 5.91 Å². The second-order valence-electron chi connectivity index (χ2n) is 5.60. The fourth-order valence-electron chi connectivity index (χ4n) is 2.17. The summed E-state index contributed by atoms with van der Waals surface area (Å²) in [6.45, 7) is -0.167. The summed E-state index contributed by atoms with van der Waals surface area (Å²) in [6.07, 6.45) is 0.467. The van der Waals surface area contributed by atoms with Gasteiger partial charge in [-0.2, -0.15) is 0 Å². The number of ether oxygens (including phenoxy) is 1. The number of esters is 1. The molecule has 2 aromatic carbocycles. The van der Waals surface area contributed by atoms with Gasteiger partial charge in [0, 0.05) is 17.3 Å². The van der Waals surface area contributed by atoms with Crippen molar-refractivity contribution in [3.63, 3.8) is 0 Å². The molecule has 0 saturated heterocycles. The molecule has 0 aromatic heterocycles. The largest absolute Gasteiger partial charge is 0.452 e. The van der Waals surface area contributed by atoms with Crippen LogP contribution >= 0.6 is 11.6 Å². The van der Waals surface area contributed by atoms with Crippen LogP contribution in [0.5, 0.6) is 0 Å². The Morgan fingerprint density at radius 1 is 1.11 bits per heavy atom. The van der Waals surface area contributed by atoms with Crippen LogP contribution in [0.2, 0.25) is 5.02 Å². The van der Waals surface area contributed by atoms with E-state index in [1.165, 1.54) is 30.3 Å². The number of hydrogen-bond donors (Lipinski definition) is 3. The Labute approximate surface area is 161 Å². The molecule has 2 aromatic rings. The predicted octanol–water partition coefficient (Wildman–Crippen LogP) is 1.09. The first-order valence-corrected chi connectivity index (χ1v) is 9.70. The van der Waals surface area contributed by atoms with Crippen molar-refractivity contribution < 1.29 is 22.7 Å². The van der Waals surface area contributed by atoms with Crippen molar-refractivity contribution in [3.05, 3.63) is 58.6 Å². The minimum absolute atomic E-state index is 0.0173. The summed E-state index contributed by atoms with van der Waals surface area (Å²) in [6, 6.07) is 10.3. The Morgan fingerprint density at radius 2 is 1.78 bits per heavy atom. The lowest BCUT2D eigenvalue weighted by Gasteiger charge is -2.08. The quantitative estimate of drug-likeness (QED) is 0.459. The Kier molecular flexibility index (Phi) is 6.78. The Morgan fingerprint density at radius 3 is 2.37 bits per heavy atom. The monoisotopic (exact) mass is 411 g/mol. The zero-order chi connectivity index (χ0) is 20.0. The van der Waals surface area contributed by atoms with Gasteiger partial charge in [-0.05, 0) is 42.3 Å². The summed E-state index contributed by atoms with van der Waals surface area (Å²) < 4.78 is 27.3. The number of halogens is 1. The minimum Gasteiger partial charge on any atom is -0.452 e. The molecule has 0 aliphatic heterocycles. The van der Waals surface area contributed by atoms with E-state index in [9.17, 15) is 18.0 Å². The molecular weight excluding hydrogens is 394 g/mol. The molecule has 8 nitrogen and oxygen atoms in total. The number of benzene rings is 2. The van der Waals surface area contributed by atoms with E-state index in [1.807, 2.05) is 0 Å². The Bertz CT molecular complexity index is 946. The van der Waals surface area contributed by atoms with Crippen molar-refractivity contribution >= 4 is 39.2 Å². The molecule has 5 N–H and O–H groups in total. The summed E-state index contributed by atoms with van der Waals surface area (Å²) in [4.78, 5) is 23.7. The molecule has 0 spiro atoms. The average Bonchev–Trinajstić information content (AvgIpc) is 2.59. The molecule has 27 heavy (non-hydrogen) atoms. The molecule has 2 rings (SSSR count). The summed E-state index contributed by atoms with van der Waals surface area (Å²) in [5.74, 6) is -1.20. The predicted molar refractivity (Wildman–Crippen MR) is 101 cm³/mol. The van der Waals surface area contributed by atoms with Gasteiger partial charge >= 0.3 is 5.97 Å². The van der Waals surface area contributed by atoms with E-state index in [2.05, 4.69) is 5.32 Å². The molecule has 0 aliphatic rings. The first-order valence-electron chi connectivity index (χ1n) is 7.77. The number of rotatable bonds is 7. The van der Waals surface area contributed by atoms with Crippen LogP contribution in [-0.4, -0.2) is 33.4 Å². The molecule has 144 valence electrons. The van der Waals surface area contributed by atoms with Crippen molar-refractivity contribution in [1.29, 1.82) is 0 Å². The van der Waals surface area contributed by atoms with Crippen molar-refractivity contribution in [2.24, 2.45) is 5.14 Å². The van der Waals surface area contributed by atoms with Crippen LogP contribution in [0.25, 0.3) is 0 Å². The van der Waals surface area contributed by atoms with Crippen LogP contribution in [-0.2, 0) is 26.0 Å². The topological polar surface area (TPSA) is 142 Å². The normalized spacial score (nSPS) is 11.0. The summed E-state index contributed by atoms with van der Waals surface area (Å²) >= 11 is 5.76. The van der Waals surface area contributed by atoms with Gasteiger partial charge in [-0.25, -0.2) is 18.4 Å². The zero-order valence-corrected chi connectivity index (χ0v) is 15.7. The maximum atomic E-state index is 11.9. The number of primary sulfonamides is 1. The Hall–Kier alpha value is -2.62. The van der Waals surface area contributed by atoms with Gasteiger partial charge in [-0.3, -0.25) is 4.79 Å². The van der Waals surface area contributed by atoms with Gasteiger partial charge in [-0.15, -0.1) is 0 Å². The van der Waals surface area contributed by atoms with Crippen LogP contribution in [0, 0.1) is 0 Å². The highest BCUT2D eigenvalue weighted by Gasteiger charge is 2.13. The van der Waals surface area contributed by atoms with E-state index >= 15 is 0 Å². The van der Waals surface area contributed by atoms with Crippen molar-refractivity contribution in [2.45, 2.75) is 11.3 Å². The second kappa shape index (κ2) is 8.85. The number of carbonyl (C=O) groups excluding carboxylic acids is 2. The summed E-state index contributed by atoms with van der Waals surface area (Å²) in [5, 5.41) is 8.01. The van der Waals surface area contributed by atoms with E-state index in [0.29, 0.717) is 11.4 Å². The second-order valence-corrected chi connectivity index (χ2v) is 7.59. The first kappa shape index (κ1) is 20.7. The van der Waals surface area contributed by atoms with Crippen LogP contribution in [0.4, 0.5) is 5.69 Å². The molecule has 10 heteroatoms. The number of amides is 1. The molecule has 0 heterocycles. The number of anilines is 1. The lowest BCUT2D eigenvalue weighted by atomic mass is 10.1. The van der Waals surface area contributed by atoms with Gasteiger partial charge in [0.1, 0.15) is 0 Å². The average molecular weight is 412 g/mol. The first-order chi connectivity index (χ1) is 12.7. The third-order valence-electron chi connectivity index (χ3n) is 3.56. The molecular formula is C17H18ClN3O5S. The smallest absolute Gasteiger partial charge is 0.340 e. The van der Waals surface area contributed by atoms with E-state index in [0.717, 1.165) is 5.56 Å². The number of hydrogen-bond acceptors (Lipinski definition) is 6. The lowest BCUT2D eigenvalue weighted by molar-refractivity contribution is -0.124. The fourth-order valence-corrected chi connectivity index (χ4v) is 2.87. The van der Waals surface area contributed by atoms with Crippen LogP contribution < -0.4 is 16.2 Å². The molecule has 1 amide bonds. The standard InChI is InChI=1S/C17H18ClN3O5S/c18-12-3-6-14(15(19)9-12)17(23)26-10-16(22)21-8-7-11-1-4-13(5-2-11)27(20,24)25/h1-6,9H,7-8,10,19H2,(H,21,22)(H2,20,24,25). The number of carbonyl (C=O) groups is 2. The Balaban J connectivity index is 1.77. The van der Waals surface area contributed by atoms with Crippen molar-refractivity contribution in [1.82, 2.24) is 5.32 Å². The van der Waals surface area contributed by atoms with Crippen LogP contribution in [0.15, 0.2) is 47.4 Å². The molecule has 0 aliphatic carbocycles. The number of nitrogens with one attached hydrogen (secondary N) is 1. The molecule has 0 radical (unpaired) electrons. The highest BCUT2D eigenvalue weighted by Crippen LogP contribution is 2.18. The van der Waals surface area contributed by atoms with E-state index in [-0.39, 0.29) is 22.7 Å². The number of nitrogen functional groups attached to an aromatic ring is 1. The maximum Gasteiger partial charge on any atom is 0.340 e. The van der Waals surface area contributed by atoms with Crippen LogP contribution in [0.3, 0.4) is 0 Å². The van der Waals surface area contributed by atoms with Gasteiger partial charge in [-0.1, -0.05) is 23.7 Å². The highest BCUT2D eigenvalue weighted by atomic mass is 35.5. The molecule has 0 unspecified atom stereocenters. The SMILES string of the molecule is Nc1cc(Cl)ccc1C(=O)OCC(=O)NCCc1ccc(S(N)(=O)=O)cc1. The minimum atomic E-state index is -3.73. The fraction of sp³-hybridized carbons (Fsp3) is 0.176. The summed E-state index contributed by atoms with van der Waals surface area (Å²) in [5.41, 5.74) is 6.78. The van der Waals surface area contributed by atoms with E-state index in [1.54, 1.807) is 12.1 Å². The van der Waals surface area contributed by atoms with Gasteiger partial charge < -0.3 is 15.8 Å². The molecule has 0 bridgehead atoms. The van der Waals surface area contributed by atoms with Gasteiger partial charge in [0.2, 0.25) is 10.0 Å². The third kappa shape index (κ3) is 6.24. The molecule has 0 atom stereocenters. The molecule has 0 fully saturated rings. The molecule has 0 saturated carbocycles. The van der Waals surface area contributed by atoms with Crippen molar-refractivity contribution in [3.8, 4) is 0 Å². The third-order valence-corrected chi connectivity index (χ3v) is 4.72. The van der Waals surface area contributed by atoms with Crippen molar-refractivity contribution in [2.75, 3.05) is 18.9 Å². The summed E-state index contributed by atoms with van der Waals surface area (Å²) in [7, 11) is -3.73. The zero-order valence-electron chi connectivity index (χ0n) is 14.1. The number of nitrogens with two attached hydrogens (primary N) is 2.